The van der Waals surface area contributed by atoms with Gasteiger partial charge in [-0.25, -0.2) is 0 Å². The lowest BCUT2D eigenvalue weighted by Gasteiger charge is -2.45. The zero-order valence-corrected chi connectivity index (χ0v) is 68.8. The highest BCUT2D eigenvalue weighted by atomic mass is 15.2. The van der Waals surface area contributed by atoms with Gasteiger partial charge in [-0.3, -0.25) is 0 Å². The fourth-order valence-electron chi connectivity index (χ4n) is 18.0. The first-order valence-corrected chi connectivity index (χ1v) is 41.1. The number of para-hydroxylation sites is 3. The summed E-state index contributed by atoms with van der Waals surface area (Å²) < 4.78 is 90.7. The van der Waals surface area contributed by atoms with Crippen molar-refractivity contribution in [3.63, 3.8) is 0 Å². The maximum absolute atomic E-state index is 10.5. The van der Waals surface area contributed by atoms with Crippen LogP contribution >= 0.6 is 0 Å². The standard InChI is InChI=1S/C112H96BN5/c1-109(2,3)83-48-54-101-95(67-83)96-68-84(110(4,5)6)49-55-102(96)115(101)90-50-53-99-105(70-90)118(92-63-80(75-37-23-15-24-38-75)58-81(64-92)76-39-25-16-26-40-76)107-72-93(116-100-46-32-31-45-94(100)97-69-89(51-56-103(97)116)114(87-41-27-17-28-42-87)88-43-29-18-30-44-88)71-106-108(107)113(99)98-52-47-77(82-59-85(111(7,8)9)66-86(60-82)112(10,11)12)65-104(98)117(106)91-61-78(73-33-19-13-20-34-73)57-79(62-91)74-35-21-14-22-36-74/h13-72H,1-12H3/i17D,27D,28D,31D,32D,41D,42D,45D,46D. The van der Waals surface area contributed by atoms with Crippen molar-refractivity contribution < 1.29 is 12.3 Å². The highest BCUT2D eigenvalue weighted by Gasteiger charge is 2.45. The van der Waals surface area contributed by atoms with Gasteiger partial charge in [-0.15, -0.1) is 0 Å². The van der Waals surface area contributed by atoms with Crippen LogP contribution in [0.5, 0.6) is 0 Å². The molecule has 0 amide bonds. The average molecular weight is 1530 g/mol. The highest BCUT2D eigenvalue weighted by Crippen LogP contribution is 2.52. The zero-order chi connectivity index (χ0) is 88.5. The molecule has 0 unspecified atom stereocenters. The summed E-state index contributed by atoms with van der Waals surface area (Å²) in [6.45, 7) is 26.9. The highest BCUT2D eigenvalue weighted by molar-refractivity contribution is 7.00. The van der Waals surface area contributed by atoms with E-state index < -0.39 is 49.0 Å². The van der Waals surface area contributed by atoms with E-state index in [4.69, 9.17) is 4.11 Å². The molecule has 0 N–H and O–H groups in total. The maximum atomic E-state index is 10.5. The SMILES string of the molecule is [2H]c1c([2H])c([2H])c(N(c2ccccc2)c2ccc3c(c2)c2c([2H])c([2H])c([2H])c([2H])c2n3-c2cc3c4c(c2)N(c2cc(-c5ccccc5)cc(-c5ccccc5)c2)c2cc(-n5c6ccc(C(C)(C)C)cc6c6cc(C(C)(C)C)ccc65)ccc2B4c2ccc(-c4cc(C(C)(C)C)cc(C(C)(C)C)c4)cc2N3c2cc(-c3ccccc3)cc(-c3ccccc3)c2)c([2H])c1[2H]. The summed E-state index contributed by atoms with van der Waals surface area (Å²) in [5.74, 6) is 0. The first-order chi connectivity index (χ1) is 60.7. The van der Waals surface area contributed by atoms with E-state index in [0.29, 0.717) is 28.0 Å². The van der Waals surface area contributed by atoms with Gasteiger partial charge in [-0.05, 0) is 255 Å². The number of benzene rings is 16. The normalized spacial score (nSPS) is 13.9. The van der Waals surface area contributed by atoms with Crippen molar-refractivity contribution in [2.75, 3.05) is 14.7 Å². The second-order valence-electron chi connectivity index (χ2n) is 36.0. The van der Waals surface area contributed by atoms with Crippen LogP contribution in [0.4, 0.5) is 51.2 Å². The molecule has 4 heterocycles. The summed E-state index contributed by atoms with van der Waals surface area (Å²) in [6, 6.07) is 107. The molecule has 16 aromatic carbocycles. The summed E-state index contributed by atoms with van der Waals surface area (Å²) in [6.07, 6.45) is 0. The molecular formula is C112H96BN5. The Labute approximate surface area is 707 Å². The first kappa shape index (κ1) is 63.8. The Kier molecular flexibility index (Phi) is 15.3. The molecule has 0 saturated carbocycles. The van der Waals surface area contributed by atoms with Gasteiger partial charge in [0, 0.05) is 78.4 Å². The average Bonchev–Trinajstić information content (AvgIpc) is 1.68. The molecule has 2 aromatic heterocycles. The summed E-state index contributed by atoms with van der Waals surface area (Å²) in [5, 5.41) is 2.99. The molecule has 0 aliphatic carbocycles. The van der Waals surface area contributed by atoms with Crippen LogP contribution in [-0.4, -0.2) is 15.8 Å². The third-order valence-corrected chi connectivity index (χ3v) is 24.2. The van der Waals surface area contributed by atoms with Crippen molar-refractivity contribution in [2.24, 2.45) is 0 Å². The van der Waals surface area contributed by atoms with Crippen LogP contribution in [0.15, 0.2) is 364 Å². The van der Waals surface area contributed by atoms with E-state index in [0.717, 1.165) is 134 Å². The van der Waals surface area contributed by atoms with Gasteiger partial charge in [-0.2, -0.15) is 0 Å². The maximum Gasteiger partial charge on any atom is 0.252 e. The van der Waals surface area contributed by atoms with Gasteiger partial charge >= 0.3 is 0 Å². The molecule has 0 spiro atoms. The minimum atomic E-state index is -0.532. The first-order valence-electron chi connectivity index (χ1n) is 45.6. The van der Waals surface area contributed by atoms with Gasteiger partial charge < -0.3 is 23.8 Å². The van der Waals surface area contributed by atoms with E-state index in [2.05, 4.69) is 358 Å². The van der Waals surface area contributed by atoms with Crippen molar-refractivity contribution in [2.45, 2.75) is 105 Å². The molecule has 0 bridgehead atoms. The topological polar surface area (TPSA) is 19.6 Å². The zero-order valence-electron chi connectivity index (χ0n) is 77.8. The molecule has 6 heteroatoms. The third-order valence-electron chi connectivity index (χ3n) is 24.2. The Morgan fingerprint density at radius 2 is 0.644 bits per heavy atom. The third kappa shape index (κ3) is 12.9. The van der Waals surface area contributed by atoms with Gasteiger partial charge in [0.05, 0.1) is 40.1 Å². The lowest BCUT2D eigenvalue weighted by molar-refractivity contribution is 0.569. The largest absolute Gasteiger partial charge is 0.311 e. The van der Waals surface area contributed by atoms with Gasteiger partial charge in [0.1, 0.15) is 0 Å². The Bertz CT molecular complexity index is 7300. The number of rotatable bonds is 12. The molecule has 0 fully saturated rings. The number of anilines is 9. The summed E-state index contributed by atoms with van der Waals surface area (Å²) in [5.41, 5.74) is 28.0. The monoisotopic (exact) mass is 1530 g/mol. The van der Waals surface area contributed by atoms with Crippen molar-refractivity contribution in [1.82, 2.24) is 9.13 Å². The Morgan fingerprint density at radius 3 is 1.12 bits per heavy atom. The van der Waals surface area contributed by atoms with E-state index >= 15 is 0 Å². The van der Waals surface area contributed by atoms with E-state index in [1.807, 2.05) is 53.1 Å². The van der Waals surface area contributed by atoms with E-state index in [1.165, 1.54) is 22.3 Å². The molecule has 0 radical (unpaired) electrons. The van der Waals surface area contributed by atoms with Crippen LogP contribution in [-0.2, 0) is 21.7 Å². The van der Waals surface area contributed by atoms with Gasteiger partial charge in [0.25, 0.3) is 6.71 Å². The second-order valence-corrected chi connectivity index (χ2v) is 36.0. The molecule has 572 valence electrons. The quantitative estimate of drug-likeness (QED) is 0.114. The lowest BCUT2D eigenvalue weighted by atomic mass is 9.33. The Morgan fingerprint density at radius 1 is 0.246 bits per heavy atom. The number of hydrogen-bond acceptors (Lipinski definition) is 3. The molecular weight excluding hydrogens is 1430 g/mol. The number of fused-ring (bicyclic) bond motifs is 10. The fourth-order valence-corrected chi connectivity index (χ4v) is 18.0. The van der Waals surface area contributed by atoms with Crippen LogP contribution in [0.1, 0.15) is 118 Å². The number of hydrogen-bond donors (Lipinski definition) is 0. The summed E-state index contributed by atoms with van der Waals surface area (Å²) in [4.78, 5) is 6.59. The predicted octanol–water partition coefficient (Wildman–Crippen LogP) is 29.0. The number of nitrogens with zero attached hydrogens (tertiary/aromatic N) is 5. The molecule has 18 aromatic rings. The van der Waals surface area contributed by atoms with Crippen LogP contribution < -0.4 is 31.1 Å². The molecule has 20 rings (SSSR count). The van der Waals surface area contributed by atoms with Crippen molar-refractivity contribution in [3.05, 3.63) is 386 Å². The summed E-state index contributed by atoms with van der Waals surface area (Å²) >= 11 is 0. The van der Waals surface area contributed by atoms with Crippen LogP contribution in [0, 0.1) is 0 Å². The van der Waals surface area contributed by atoms with Crippen LogP contribution in [0.2, 0.25) is 0 Å². The molecule has 5 nitrogen and oxygen atoms in total. The Balaban J connectivity index is 0.969. The van der Waals surface area contributed by atoms with Crippen molar-refractivity contribution in [1.29, 1.82) is 0 Å². The van der Waals surface area contributed by atoms with E-state index in [1.54, 1.807) is 4.90 Å². The van der Waals surface area contributed by atoms with Gasteiger partial charge in [0.15, 0.2) is 0 Å². The van der Waals surface area contributed by atoms with E-state index in [9.17, 15) is 8.22 Å². The lowest BCUT2D eigenvalue weighted by Crippen LogP contribution is -2.61. The second kappa shape index (κ2) is 28.2. The smallest absolute Gasteiger partial charge is 0.252 e. The van der Waals surface area contributed by atoms with E-state index in [-0.39, 0.29) is 50.3 Å². The van der Waals surface area contributed by atoms with Crippen molar-refractivity contribution in [3.8, 4) is 67.0 Å². The molecule has 2 aliphatic heterocycles. The number of aromatic nitrogens is 2. The van der Waals surface area contributed by atoms with Gasteiger partial charge in [0.2, 0.25) is 0 Å². The molecule has 118 heavy (non-hydrogen) atoms. The molecule has 0 saturated heterocycles. The van der Waals surface area contributed by atoms with Gasteiger partial charge in [-0.1, -0.05) is 307 Å². The van der Waals surface area contributed by atoms with Crippen molar-refractivity contribution >= 4 is 118 Å². The fraction of sp³-hybridized carbons (Fsp3) is 0.143. The van der Waals surface area contributed by atoms with Crippen LogP contribution in [0.25, 0.3) is 111 Å². The summed E-state index contributed by atoms with van der Waals surface area (Å²) in [7, 11) is 0. The molecule has 2 aliphatic rings. The molecule has 0 atom stereocenters. The minimum absolute atomic E-state index is 0.0878. The Hall–Kier alpha value is -13.4. The van der Waals surface area contributed by atoms with Crippen LogP contribution in [0.3, 0.4) is 0 Å². The predicted molar refractivity (Wildman–Crippen MR) is 506 cm³/mol. The minimum Gasteiger partial charge on any atom is -0.311 e.